The molecule has 5 heteroatoms. The van der Waals surface area contributed by atoms with E-state index < -0.39 is 0 Å². The van der Waals surface area contributed by atoms with Gasteiger partial charge in [0.15, 0.2) is 11.4 Å². The van der Waals surface area contributed by atoms with Crippen LogP contribution in [-0.2, 0) is 0 Å². The largest absolute Gasteiger partial charge is 0.618 e. The van der Waals surface area contributed by atoms with Crippen LogP contribution in [0.4, 0.5) is 0 Å². The van der Waals surface area contributed by atoms with E-state index in [4.69, 9.17) is 10.00 Å². The van der Waals surface area contributed by atoms with Gasteiger partial charge in [-0.1, -0.05) is 6.07 Å². The summed E-state index contributed by atoms with van der Waals surface area (Å²) < 4.78 is 6.09. The van der Waals surface area contributed by atoms with Gasteiger partial charge in [-0.15, -0.1) is 0 Å². The van der Waals surface area contributed by atoms with E-state index in [9.17, 15) is 5.21 Å². The van der Waals surface area contributed by atoms with Crippen molar-refractivity contribution in [2.75, 3.05) is 0 Å². The van der Waals surface area contributed by atoms with E-state index in [0.717, 1.165) is 0 Å². The van der Waals surface area contributed by atoms with Gasteiger partial charge in [0.1, 0.15) is 11.8 Å². The fraction of sp³-hybridized carbons (Fsp3) is 0.0833. The molecule has 0 saturated carbocycles. The number of aryl methyl sites for hydroxylation is 1. The Morgan fingerprint density at radius 2 is 2.18 bits per heavy atom. The smallest absolute Gasteiger partial charge is 0.223 e. The number of pyridine rings is 2. The first-order valence-corrected chi connectivity index (χ1v) is 4.94. The highest BCUT2D eigenvalue weighted by molar-refractivity contribution is 5.28. The van der Waals surface area contributed by atoms with Crippen LogP contribution in [0.25, 0.3) is 0 Å². The predicted molar refractivity (Wildman–Crippen MR) is 59.2 cm³/mol. The lowest BCUT2D eigenvalue weighted by atomic mass is 10.3. The fourth-order valence-electron chi connectivity index (χ4n) is 1.25. The Morgan fingerprint density at radius 1 is 1.35 bits per heavy atom. The molecule has 0 aliphatic rings. The summed E-state index contributed by atoms with van der Waals surface area (Å²) in [6.45, 7) is 1.70. The van der Waals surface area contributed by atoms with Crippen LogP contribution in [0.5, 0.6) is 11.6 Å². The monoisotopic (exact) mass is 227 g/mol. The molecule has 2 aromatic heterocycles. The molecule has 0 fully saturated rings. The minimum atomic E-state index is 0.268. The molecule has 0 radical (unpaired) electrons. The van der Waals surface area contributed by atoms with Gasteiger partial charge in [0.2, 0.25) is 12.1 Å². The maximum atomic E-state index is 11.3. The third kappa shape index (κ3) is 2.49. The highest BCUT2D eigenvalue weighted by Crippen LogP contribution is 2.17. The molecule has 0 aliphatic heterocycles. The number of nitriles is 1. The molecule has 0 N–H and O–H groups in total. The van der Waals surface area contributed by atoms with Crippen LogP contribution in [-0.4, -0.2) is 4.98 Å². The van der Waals surface area contributed by atoms with Crippen molar-refractivity contribution in [1.29, 1.82) is 5.26 Å². The molecule has 84 valence electrons. The summed E-state index contributed by atoms with van der Waals surface area (Å²) in [6.07, 6.45) is 1.32. The normalized spacial score (nSPS) is 9.65. The van der Waals surface area contributed by atoms with E-state index in [1.165, 1.54) is 6.20 Å². The molecule has 2 aromatic rings. The number of hydrogen-bond donors (Lipinski definition) is 0. The average molecular weight is 227 g/mol. The lowest BCUT2D eigenvalue weighted by Crippen LogP contribution is -2.28. The second-order valence-electron chi connectivity index (χ2n) is 3.41. The van der Waals surface area contributed by atoms with Gasteiger partial charge in [0.25, 0.3) is 0 Å². The van der Waals surface area contributed by atoms with Crippen LogP contribution in [0.2, 0.25) is 0 Å². The van der Waals surface area contributed by atoms with Gasteiger partial charge in [-0.25, -0.2) is 4.98 Å². The second-order valence-corrected chi connectivity index (χ2v) is 3.41. The number of ether oxygens (including phenoxy) is 1. The Hall–Kier alpha value is -2.61. The molecular formula is C12H9N3O2. The van der Waals surface area contributed by atoms with Gasteiger partial charge < -0.3 is 9.94 Å². The van der Waals surface area contributed by atoms with E-state index in [2.05, 4.69) is 4.98 Å². The molecule has 0 saturated heterocycles. The molecule has 0 unspecified atom stereocenters. The zero-order chi connectivity index (χ0) is 12.3. The lowest BCUT2D eigenvalue weighted by molar-refractivity contribution is -0.612. The Morgan fingerprint density at radius 3 is 2.88 bits per heavy atom. The Kier molecular flexibility index (Phi) is 2.88. The van der Waals surface area contributed by atoms with Gasteiger partial charge in [-0.2, -0.15) is 9.99 Å². The number of rotatable bonds is 2. The molecule has 5 nitrogen and oxygen atoms in total. The van der Waals surface area contributed by atoms with Crippen molar-refractivity contribution in [3.05, 3.63) is 53.1 Å². The minimum Gasteiger partial charge on any atom is -0.618 e. The summed E-state index contributed by atoms with van der Waals surface area (Å²) in [5.74, 6) is 0.668. The van der Waals surface area contributed by atoms with Gasteiger partial charge in [-0.3, -0.25) is 0 Å². The zero-order valence-corrected chi connectivity index (χ0v) is 9.12. The van der Waals surface area contributed by atoms with Gasteiger partial charge in [0, 0.05) is 19.1 Å². The highest BCUT2D eigenvalue weighted by Gasteiger charge is 2.05. The quantitative estimate of drug-likeness (QED) is 0.578. The Balaban J connectivity index is 2.25. The molecule has 0 spiro atoms. The van der Waals surface area contributed by atoms with Crippen molar-refractivity contribution < 1.29 is 9.47 Å². The van der Waals surface area contributed by atoms with Crippen LogP contribution >= 0.6 is 0 Å². The summed E-state index contributed by atoms with van der Waals surface area (Å²) in [5.41, 5.74) is 0.848. The third-order valence-corrected chi connectivity index (χ3v) is 2.14. The van der Waals surface area contributed by atoms with Crippen LogP contribution in [0.1, 0.15) is 11.4 Å². The summed E-state index contributed by atoms with van der Waals surface area (Å²) in [5, 5.41) is 20.0. The van der Waals surface area contributed by atoms with Crippen molar-refractivity contribution in [2.24, 2.45) is 0 Å². The minimum absolute atomic E-state index is 0.268. The molecule has 0 amide bonds. The Labute approximate surface area is 98.1 Å². The lowest BCUT2D eigenvalue weighted by Gasteiger charge is -2.05. The first-order valence-electron chi connectivity index (χ1n) is 4.94. The van der Waals surface area contributed by atoms with Crippen molar-refractivity contribution >= 4 is 0 Å². The number of aromatic nitrogens is 2. The van der Waals surface area contributed by atoms with Crippen LogP contribution < -0.4 is 9.47 Å². The molecule has 0 aromatic carbocycles. The van der Waals surface area contributed by atoms with Gasteiger partial charge in [-0.05, 0) is 12.1 Å². The SMILES string of the molecule is Cc1ccc(Oc2cccc(C#N)n2)c[n+]1[O-]. The molecule has 0 atom stereocenters. The summed E-state index contributed by atoms with van der Waals surface area (Å²) in [6, 6.07) is 10.1. The topological polar surface area (TPSA) is 72.8 Å². The van der Waals surface area contributed by atoms with Crippen LogP contribution in [0.15, 0.2) is 36.5 Å². The van der Waals surface area contributed by atoms with Gasteiger partial charge >= 0.3 is 0 Å². The molecule has 0 aliphatic carbocycles. The summed E-state index contributed by atoms with van der Waals surface area (Å²) in [4.78, 5) is 3.94. The summed E-state index contributed by atoms with van der Waals surface area (Å²) in [7, 11) is 0. The van der Waals surface area contributed by atoms with E-state index in [1.807, 2.05) is 6.07 Å². The first kappa shape index (κ1) is 10.9. The van der Waals surface area contributed by atoms with Crippen LogP contribution in [0, 0.1) is 23.5 Å². The van der Waals surface area contributed by atoms with E-state index in [-0.39, 0.29) is 11.6 Å². The third-order valence-electron chi connectivity index (χ3n) is 2.14. The van der Waals surface area contributed by atoms with Crippen molar-refractivity contribution in [3.8, 4) is 17.7 Å². The molecule has 0 bridgehead atoms. The fourth-order valence-corrected chi connectivity index (χ4v) is 1.25. The number of nitrogens with zero attached hydrogens (tertiary/aromatic N) is 3. The number of hydrogen-bond acceptors (Lipinski definition) is 4. The maximum absolute atomic E-state index is 11.3. The summed E-state index contributed by atoms with van der Waals surface area (Å²) >= 11 is 0. The van der Waals surface area contributed by atoms with Crippen molar-refractivity contribution in [2.45, 2.75) is 6.92 Å². The van der Waals surface area contributed by atoms with Crippen molar-refractivity contribution in [1.82, 2.24) is 4.98 Å². The first-order chi connectivity index (χ1) is 8.19. The average Bonchev–Trinajstić information content (AvgIpc) is 2.34. The zero-order valence-electron chi connectivity index (χ0n) is 9.12. The predicted octanol–water partition coefficient (Wildman–Crippen LogP) is 1.69. The Bertz CT molecular complexity index is 591. The highest BCUT2D eigenvalue weighted by atomic mass is 16.5. The molecular weight excluding hydrogens is 218 g/mol. The van der Waals surface area contributed by atoms with Crippen molar-refractivity contribution in [3.63, 3.8) is 0 Å². The molecule has 2 heterocycles. The van der Waals surface area contributed by atoms with E-state index in [1.54, 1.807) is 37.3 Å². The van der Waals surface area contributed by atoms with E-state index in [0.29, 0.717) is 16.2 Å². The standard InChI is InChI=1S/C12H9N3O2/c1-9-5-6-11(8-15(9)16)17-12-4-2-3-10(7-13)14-12/h2-6,8H,1H3. The van der Waals surface area contributed by atoms with E-state index >= 15 is 0 Å². The molecule has 2 rings (SSSR count). The maximum Gasteiger partial charge on any atom is 0.223 e. The second kappa shape index (κ2) is 4.49. The molecule has 17 heavy (non-hydrogen) atoms. The van der Waals surface area contributed by atoms with Gasteiger partial charge in [0.05, 0.1) is 0 Å². The van der Waals surface area contributed by atoms with Crippen LogP contribution in [0.3, 0.4) is 0 Å².